The molecule has 1 aromatic carbocycles. The van der Waals surface area contributed by atoms with E-state index < -0.39 is 5.56 Å². The van der Waals surface area contributed by atoms with E-state index in [9.17, 15) is 4.79 Å². The molecule has 0 aliphatic rings. The molecule has 0 bridgehead atoms. The van der Waals surface area contributed by atoms with Crippen molar-refractivity contribution < 1.29 is 4.74 Å². The Labute approximate surface area is 108 Å². The normalized spacial score (nSPS) is 9.83. The number of aromatic amines is 1. The lowest BCUT2D eigenvalue weighted by atomic mass is 10.0. The first-order valence-electron chi connectivity index (χ1n) is 4.99. The lowest BCUT2D eigenvalue weighted by Crippen LogP contribution is -2.11. The minimum atomic E-state index is -0.396. The molecule has 0 saturated heterocycles. The van der Waals surface area contributed by atoms with Crippen molar-refractivity contribution in [3.05, 3.63) is 45.3 Å². The van der Waals surface area contributed by atoms with Crippen LogP contribution >= 0.6 is 11.6 Å². The van der Waals surface area contributed by atoms with Gasteiger partial charge in [-0.25, -0.2) is 5.10 Å². The van der Waals surface area contributed by atoms with Crippen LogP contribution in [0.5, 0.6) is 5.75 Å². The molecule has 1 aromatic heterocycles. The zero-order valence-electron chi connectivity index (χ0n) is 9.40. The maximum Gasteiger partial charge on any atom is 0.272 e. The van der Waals surface area contributed by atoms with E-state index in [0.717, 1.165) is 0 Å². The van der Waals surface area contributed by atoms with Crippen LogP contribution in [0.2, 0.25) is 5.15 Å². The molecule has 1 heterocycles. The third-order valence-corrected chi connectivity index (χ3v) is 2.58. The second kappa shape index (κ2) is 4.90. The lowest BCUT2D eigenvalue weighted by Gasteiger charge is -2.08. The number of methoxy groups -OCH3 is 1. The molecule has 1 N–H and O–H groups in total. The van der Waals surface area contributed by atoms with Crippen molar-refractivity contribution in [1.29, 1.82) is 5.26 Å². The summed E-state index contributed by atoms with van der Waals surface area (Å²) in [5.74, 6) is 0.488. The van der Waals surface area contributed by atoms with Gasteiger partial charge in [-0.05, 0) is 24.3 Å². The van der Waals surface area contributed by atoms with Gasteiger partial charge in [-0.2, -0.15) is 10.4 Å². The number of nitrogens with zero attached hydrogens (tertiary/aromatic N) is 2. The van der Waals surface area contributed by atoms with E-state index in [0.29, 0.717) is 22.4 Å². The van der Waals surface area contributed by atoms with Crippen LogP contribution in [0.1, 0.15) is 5.56 Å². The first-order chi connectivity index (χ1) is 8.65. The summed E-state index contributed by atoms with van der Waals surface area (Å²) in [6, 6.07) is 8.24. The lowest BCUT2D eigenvalue weighted by molar-refractivity contribution is 0.416. The maximum absolute atomic E-state index is 11.7. The molecular weight excluding hydrogens is 254 g/mol. The van der Waals surface area contributed by atoms with E-state index in [-0.39, 0.29) is 5.15 Å². The quantitative estimate of drug-likeness (QED) is 0.896. The SMILES string of the molecule is COc1ccc(C#N)cc1-c1cc(Cl)n[nH]c1=O. The van der Waals surface area contributed by atoms with Crippen LogP contribution in [0.3, 0.4) is 0 Å². The van der Waals surface area contributed by atoms with Crippen molar-refractivity contribution in [1.82, 2.24) is 10.2 Å². The second-order valence-electron chi connectivity index (χ2n) is 3.46. The summed E-state index contributed by atoms with van der Waals surface area (Å²) in [5, 5.41) is 14.9. The van der Waals surface area contributed by atoms with Crippen molar-refractivity contribution in [3.8, 4) is 22.9 Å². The average molecular weight is 262 g/mol. The number of rotatable bonds is 2. The fourth-order valence-electron chi connectivity index (χ4n) is 1.57. The highest BCUT2D eigenvalue weighted by molar-refractivity contribution is 6.29. The van der Waals surface area contributed by atoms with Crippen molar-refractivity contribution in [2.24, 2.45) is 0 Å². The van der Waals surface area contributed by atoms with Gasteiger partial charge in [0.05, 0.1) is 24.3 Å². The number of halogens is 1. The van der Waals surface area contributed by atoms with E-state index in [1.165, 1.54) is 13.2 Å². The summed E-state index contributed by atoms with van der Waals surface area (Å²) >= 11 is 5.75. The van der Waals surface area contributed by atoms with Gasteiger partial charge in [-0.1, -0.05) is 11.6 Å². The molecule has 0 amide bonds. The number of aromatic nitrogens is 2. The first kappa shape index (κ1) is 12.1. The topological polar surface area (TPSA) is 78.8 Å². The molecule has 0 atom stereocenters. The molecule has 0 fully saturated rings. The second-order valence-corrected chi connectivity index (χ2v) is 3.85. The number of nitrogens with one attached hydrogen (secondary N) is 1. The van der Waals surface area contributed by atoms with Crippen LogP contribution in [0, 0.1) is 11.3 Å². The van der Waals surface area contributed by atoms with Gasteiger partial charge < -0.3 is 4.74 Å². The predicted molar refractivity (Wildman–Crippen MR) is 66.6 cm³/mol. The Morgan fingerprint density at radius 1 is 1.39 bits per heavy atom. The minimum absolute atomic E-state index is 0.161. The van der Waals surface area contributed by atoms with Crippen LogP contribution < -0.4 is 10.3 Å². The predicted octanol–water partition coefficient (Wildman–Crippen LogP) is 1.97. The number of hydrogen-bond acceptors (Lipinski definition) is 4. The van der Waals surface area contributed by atoms with Crippen LogP contribution in [0.15, 0.2) is 29.1 Å². The van der Waals surface area contributed by atoms with E-state index in [1.807, 2.05) is 6.07 Å². The molecule has 6 heteroatoms. The molecule has 5 nitrogen and oxygen atoms in total. The number of benzene rings is 1. The molecular formula is C12H8ClN3O2. The van der Waals surface area contributed by atoms with E-state index in [2.05, 4.69) is 10.2 Å². The van der Waals surface area contributed by atoms with Gasteiger partial charge in [-0.3, -0.25) is 4.79 Å². The van der Waals surface area contributed by atoms with Gasteiger partial charge in [-0.15, -0.1) is 0 Å². The summed E-state index contributed by atoms with van der Waals surface area (Å²) in [6.45, 7) is 0. The zero-order chi connectivity index (χ0) is 13.1. The van der Waals surface area contributed by atoms with Crippen molar-refractivity contribution in [3.63, 3.8) is 0 Å². The zero-order valence-corrected chi connectivity index (χ0v) is 10.2. The van der Waals surface area contributed by atoms with Crippen molar-refractivity contribution in [2.75, 3.05) is 7.11 Å². The molecule has 18 heavy (non-hydrogen) atoms. The number of H-pyrrole nitrogens is 1. The first-order valence-corrected chi connectivity index (χ1v) is 5.37. The highest BCUT2D eigenvalue weighted by atomic mass is 35.5. The van der Waals surface area contributed by atoms with Crippen LogP contribution in [-0.4, -0.2) is 17.3 Å². The Morgan fingerprint density at radius 2 is 2.17 bits per heavy atom. The van der Waals surface area contributed by atoms with Crippen LogP contribution in [0.25, 0.3) is 11.1 Å². The molecule has 0 radical (unpaired) electrons. The molecule has 0 saturated carbocycles. The van der Waals surface area contributed by atoms with Crippen molar-refractivity contribution in [2.45, 2.75) is 0 Å². The third kappa shape index (κ3) is 2.19. The van der Waals surface area contributed by atoms with E-state index in [4.69, 9.17) is 21.6 Å². The number of nitriles is 1. The maximum atomic E-state index is 11.7. The van der Waals surface area contributed by atoms with Crippen LogP contribution in [0.4, 0.5) is 0 Å². The summed E-state index contributed by atoms with van der Waals surface area (Å²) in [4.78, 5) is 11.7. The third-order valence-electron chi connectivity index (χ3n) is 2.39. The Kier molecular flexibility index (Phi) is 3.31. The molecule has 0 unspecified atom stereocenters. The average Bonchev–Trinajstić information content (AvgIpc) is 2.40. The standard InChI is InChI=1S/C12H8ClN3O2/c1-18-10-3-2-7(6-14)4-8(10)9-5-11(13)15-16-12(9)17/h2-5H,1H3,(H,16,17). The van der Waals surface area contributed by atoms with Crippen LogP contribution in [-0.2, 0) is 0 Å². The van der Waals surface area contributed by atoms with Gasteiger partial charge in [0.15, 0.2) is 0 Å². The van der Waals surface area contributed by atoms with Gasteiger partial charge in [0.25, 0.3) is 5.56 Å². The smallest absolute Gasteiger partial charge is 0.272 e. The monoisotopic (exact) mass is 261 g/mol. The van der Waals surface area contributed by atoms with Gasteiger partial charge >= 0.3 is 0 Å². The van der Waals surface area contributed by atoms with E-state index >= 15 is 0 Å². The summed E-state index contributed by atoms with van der Waals surface area (Å²) in [5.41, 5.74) is 0.844. The van der Waals surface area contributed by atoms with E-state index in [1.54, 1.807) is 18.2 Å². The minimum Gasteiger partial charge on any atom is -0.496 e. The molecule has 2 aromatic rings. The molecule has 90 valence electrons. The summed E-state index contributed by atoms with van der Waals surface area (Å²) < 4.78 is 5.17. The Balaban J connectivity index is 2.73. The van der Waals surface area contributed by atoms with Crippen molar-refractivity contribution >= 4 is 11.6 Å². The molecule has 0 spiro atoms. The number of hydrogen-bond donors (Lipinski definition) is 1. The van der Waals surface area contributed by atoms with Gasteiger partial charge in [0.1, 0.15) is 10.9 Å². The number of ether oxygens (including phenoxy) is 1. The fraction of sp³-hybridized carbons (Fsp3) is 0.0833. The molecule has 2 rings (SSSR count). The Morgan fingerprint density at radius 3 is 2.83 bits per heavy atom. The molecule has 0 aliphatic heterocycles. The summed E-state index contributed by atoms with van der Waals surface area (Å²) in [7, 11) is 1.49. The fourth-order valence-corrected chi connectivity index (χ4v) is 1.72. The largest absolute Gasteiger partial charge is 0.496 e. The van der Waals surface area contributed by atoms with Gasteiger partial charge in [0, 0.05) is 5.56 Å². The highest BCUT2D eigenvalue weighted by Crippen LogP contribution is 2.29. The highest BCUT2D eigenvalue weighted by Gasteiger charge is 2.11. The molecule has 0 aliphatic carbocycles. The summed E-state index contributed by atoms with van der Waals surface area (Å²) in [6.07, 6.45) is 0. The Hall–Kier alpha value is -2.32. The Bertz CT molecular complexity index is 688. The van der Waals surface area contributed by atoms with Gasteiger partial charge in [0.2, 0.25) is 0 Å².